The van der Waals surface area contributed by atoms with E-state index in [1.807, 2.05) is 30.3 Å². The minimum absolute atomic E-state index is 0.0311. The number of carbonyl (C=O) groups excluding carboxylic acids is 1. The molecule has 0 bridgehead atoms. The summed E-state index contributed by atoms with van der Waals surface area (Å²) in [7, 11) is 0. The molecule has 20 heavy (non-hydrogen) atoms. The second kappa shape index (κ2) is 6.16. The SMILES string of the molecule is N[C@@H](CCC(=O)Oc1cccc2ccccc12)C(=O)O. The Morgan fingerprint density at radius 1 is 1.15 bits per heavy atom. The van der Waals surface area contributed by atoms with Gasteiger partial charge in [0.2, 0.25) is 0 Å². The number of aliphatic carboxylic acids is 1. The summed E-state index contributed by atoms with van der Waals surface area (Å²) in [5.41, 5.74) is 5.34. The lowest BCUT2D eigenvalue weighted by molar-refractivity contribution is -0.139. The van der Waals surface area contributed by atoms with Gasteiger partial charge in [-0.05, 0) is 17.9 Å². The highest BCUT2D eigenvalue weighted by atomic mass is 16.5. The van der Waals surface area contributed by atoms with E-state index in [1.165, 1.54) is 0 Å². The van der Waals surface area contributed by atoms with E-state index in [2.05, 4.69) is 0 Å². The smallest absolute Gasteiger partial charge is 0.320 e. The topological polar surface area (TPSA) is 89.6 Å². The van der Waals surface area contributed by atoms with Crippen LogP contribution in [0.25, 0.3) is 10.8 Å². The summed E-state index contributed by atoms with van der Waals surface area (Å²) < 4.78 is 5.27. The molecule has 0 aliphatic heterocycles. The Bertz CT molecular complexity index is 633. The van der Waals surface area contributed by atoms with Crippen molar-refractivity contribution >= 4 is 22.7 Å². The van der Waals surface area contributed by atoms with Crippen molar-refractivity contribution in [3.8, 4) is 5.75 Å². The van der Waals surface area contributed by atoms with Crippen LogP contribution in [0.3, 0.4) is 0 Å². The van der Waals surface area contributed by atoms with E-state index in [0.717, 1.165) is 10.8 Å². The lowest BCUT2D eigenvalue weighted by Gasteiger charge is -2.09. The maximum absolute atomic E-state index is 11.7. The summed E-state index contributed by atoms with van der Waals surface area (Å²) >= 11 is 0. The molecule has 3 N–H and O–H groups in total. The molecule has 0 aromatic heterocycles. The maximum atomic E-state index is 11.7. The van der Waals surface area contributed by atoms with E-state index in [0.29, 0.717) is 5.75 Å². The van der Waals surface area contributed by atoms with Crippen LogP contribution in [0.5, 0.6) is 5.75 Å². The predicted molar refractivity (Wildman–Crippen MR) is 74.4 cm³/mol. The van der Waals surface area contributed by atoms with Crippen molar-refractivity contribution in [1.29, 1.82) is 0 Å². The number of fused-ring (bicyclic) bond motifs is 1. The average Bonchev–Trinajstić information content (AvgIpc) is 2.45. The van der Waals surface area contributed by atoms with Crippen LogP contribution in [0.1, 0.15) is 12.8 Å². The molecule has 2 rings (SSSR count). The van der Waals surface area contributed by atoms with Crippen LogP contribution in [-0.4, -0.2) is 23.1 Å². The summed E-state index contributed by atoms with van der Waals surface area (Å²) in [6.07, 6.45) is 0.0234. The van der Waals surface area contributed by atoms with Gasteiger partial charge in [0.15, 0.2) is 0 Å². The fourth-order valence-corrected chi connectivity index (χ4v) is 1.86. The van der Waals surface area contributed by atoms with Crippen LogP contribution in [0.15, 0.2) is 42.5 Å². The standard InChI is InChI=1S/C15H15NO4/c16-12(15(18)19)8-9-14(17)20-13-7-3-5-10-4-1-2-6-11(10)13/h1-7,12H,8-9,16H2,(H,18,19)/t12-/m0/s1. The van der Waals surface area contributed by atoms with Crippen LogP contribution in [-0.2, 0) is 9.59 Å². The van der Waals surface area contributed by atoms with Crippen LogP contribution in [0.4, 0.5) is 0 Å². The molecule has 2 aromatic rings. The summed E-state index contributed by atoms with van der Waals surface area (Å²) in [6.45, 7) is 0. The zero-order valence-electron chi connectivity index (χ0n) is 10.8. The number of carbonyl (C=O) groups is 2. The first-order valence-electron chi connectivity index (χ1n) is 6.25. The zero-order valence-corrected chi connectivity index (χ0v) is 10.8. The largest absolute Gasteiger partial charge is 0.480 e. The van der Waals surface area contributed by atoms with Gasteiger partial charge in [-0.25, -0.2) is 0 Å². The predicted octanol–water partition coefficient (Wildman–Crippen LogP) is 1.94. The van der Waals surface area contributed by atoms with Crippen molar-refractivity contribution < 1.29 is 19.4 Å². The number of benzene rings is 2. The van der Waals surface area contributed by atoms with Gasteiger partial charge in [0, 0.05) is 11.8 Å². The fourth-order valence-electron chi connectivity index (χ4n) is 1.86. The number of hydrogen-bond acceptors (Lipinski definition) is 4. The van der Waals surface area contributed by atoms with Crippen LogP contribution in [0.2, 0.25) is 0 Å². The van der Waals surface area contributed by atoms with Crippen molar-refractivity contribution in [3.05, 3.63) is 42.5 Å². The first kappa shape index (κ1) is 14.0. The van der Waals surface area contributed by atoms with Gasteiger partial charge in [0.05, 0.1) is 0 Å². The van der Waals surface area contributed by atoms with Gasteiger partial charge in [-0.2, -0.15) is 0 Å². The van der Waals surface area contributed by atoms with E-state index in [-0.39, 0.29) is 12.8 Å². The molecule has 0 amide bonds. The van der Waals surface area contributed by atoms with Crippen LogP contribution in [0, 0.1) is 0 Å². The highest BCUT2D eigenvalue weighted by Crippen LogP contribution is 2.25. The number of ether oxygens (including phenoxy) is 1. The Morgan fingerprint density at radius 2 is 1.85 bits per heavy atom. The summed E-state index contributed by atoms with van der Waals surface area (Å²) in [5.74, 6) is -1.14. The Morgan fingerprint density at radius 3 is 2.60 bits per heavy atom. The third kappa shape index (κ3) is 3.33. The van der Waals surface area contributed by atoms with Gasteiger partial charge in [-0.15, -0.1) is 0 Å². The molecule has 0 radical (unpaired) electrons. The van der Waals surface area contributed by atoms with E-state index in [9.17, 15) is 9.59 Å². The highest BCUT2D eigenvalue weighted by molar-refractivity contribution is 5.90. The Hall–Kier alpha value is -2.40. The Kier molecular flexibility index (Phi) is 4.32. The summed E-state index contributed by atoms with van der Waals surface area (Å²) in [5, 5.41) is 10.5. The number of hydrogen-bond donors (Lipinski definition) is 2. The molecule has 0 unspecified atom stereocenters. The third-order valence-corrected chi connectivity index (χ3v) is 2.95. The van der Waals surface area contributed by atoms with Gasteiger partial charge in [0.25, 0.3) is 0 Å². The number of carboxylic acids is 1. The third-order valence-electron chi connectivity index (χ3n) is 2.95. The average molecular weight is 273 g/mol. The normalized spacial score (nSPS) is 12.1. The van der Waals surface area contributed by atoms with Crippen LogP contribution >= 0.6 is 0 Å². The van der Waals surface area contributed by atoms with Crippen molar-refractivity contribution in [1.82, 2.24) is 0 Å². The first-order valence-corrected chi connectivity index (χ1v) is 6.25. The Labute approximate surface area is 116 Å². The number of rotatable bonds is 5. The van der Waals surface area contributed by atoms with E-state index in [4.69, 9.17) is 15.6 Å². The lowest BCUT2D eigenvalue weighted by Crippen LogP contribution is -2.31. The lowest BCUT2D eigenvalue weighted by atomic mass is 10.1. The number of carboxylic acid groups (broad SMARTS) is 1. The van der Waals surface area contributed by atoms with Gasteiger partial charge in [0.1, 0.15) is 11.8 Å². The molecule has 0 aliphatic carbocycles. The molecule has 2 aromatic carbocycles. The van der Waals surface area contributed by atoms with Gasteiger partial charge < -0.3 is 15.6 Å². The molecule has 0 heterocycles. The minimum Gasteiger partial charge on any atom is -0.480 e. The molecule has 0 saturated heterocycles. The highest BCUT2D eigenvalue weighted by Gasteiger charge is 2.15. The van der Waals surface area contributed by atoms with E-state index < -0.39 is 18.0 Å². The molecule has 0 spiro atoms. The number of nitrogens with two attached hydrogens (primary N) is 1. The van der Waals surface area contributed by atoms with E-state index >= 15 is 0 Å². The van der Waals surface area contributed by atoms with Crippen molar-refractivity contribution in [3.63, 3.8) is 0 Å². The second-order valence-corrected chi connectivity index (χ2v) is 4.43. The van der Waals surface area contributed by atoms with Crippen molar-refractivity contribution in [2.24, 2.45) is 5.73 Å². The first-order chi connectivity index (χ1) is 9.58. The van der Waals surface area contributed by atoms with Crippen molar-refractivity contribution in [2.75, 3.05) is 0 Å². The summed E-state index contributed by atoms with van der Waals surface area (Å²) in [6, 6.07) is 11.9. The van der Waals surface area contributed by atoms with E-state index in [1.54, 1.807) is 12.1 Å². The second-order valence-electron chi connectivity index (χ2n) is 4.43. The van der Waals surface area contributed by atoms with Crippen LogP contribution < -0.4 is 10.5 Å². The molecule has 0 aliphatic rings. The molecule has 1 atom stereocenters. The zero-order chi connectivity index (χ0) is 14.5. The molecule has 0 saturated carbocycles. The fraction of sp³-hybridized carbons (Fsp3) is 0.200. The molecular weight excluding hydrogens is 258 g/mol. The maximum Gasteiger partial charge on any atom is 0.320 e. The summed E-state index contributed by atoms with van der Waals surface area (Å²) in [4.78, 5) is 22.3. The van der Waals surface area contributed by atoms with Crippen molar-refractivity contribution in [2.45, 2.75) is 18.9 Å². The number of esters is 1. The monoisotopic (exact) mass is 273 g/mol. The minimum atomic E-state index is -1.12. The van der Waals surface area contributed by atoms with Gasteiger partial charge in [-0.3, -0.25) is 9.59 Å². The molecule has 0 fully saturated rings. The van der Waals surface area contributed by atoms with Gasteiger partial charge in [-0.1, -0.05) is 36.4 Å². The molecular formula is C15H15NO4. The Balaban J connectivity index is 2.05. The van der Waals surface area contributed by atoms with Gasteiger partial charge >= 0.3 is 11.9 Å². The molecule has 5 heteroatoms. The quantitative estimate of drug-likeness (QED) is 0.642. The molecule has 104 valence electrons. The molecule has 5 nitrogen and oxygen atoms in total.